The highest BCUT2D eigenvalue weighted by Gasteiger charge is 2.87. The second kappa shape index (κ2) is 7.50. The van der Waals surface area contributed by atoms with Crippen molar-refractivity contribution in [2.24, 2.45) is 16.6 Å². The van der Waals surface area contributed by atoms with E-state index in [1.807, 2.05) is 0 Å². The molecular formula is C21H19ClF3N3O2S. The number of nitrogens with zero attached hydrogens (tertiary/aromatic N) is 2. The Hall–Kier alpha value is -2.10. The minimum atomic E-state index is -3.15. The van der Waals surface area contributed by atoms with Gasteiger partial charge in [0.15, 0.2) is 11.0 Å². The van der Waals surface area contributed by atoms with Crippen LogP contribution in [-0.4, -0.2) is 40.3 Å². The van der Waals surface area contributed by atoms with E-state index in [9.17, 15) is 18.0 Å². The number of aromatic nitrogens is 1. The van der Waals surface area contributed by atoms with Gasteiger partial charge in [-0.3, -0.25) is 14.8 Å². The molecule has 1 aliphatic carbocycles. The lowest BCUT2D eigenvalue weighted by atomic mass is 9.84. The summed E-state index contributed by atoms with van der Waals surface area (Å²) in [5.41, 5.74) is 4.89. The van der Waals surface area contributed by atoms with Crippen LogP contribution in [0.25, 0.3) is 0 Å². The van der Waals surface area contributed by atoms with Crippen molar-refractivity contribution in [1.29, 1.82) is 0 Å². The molecule has 1 aromatic carbocycles. The standard InChI is InChI=1S/C21H19ClF3N3O2S/c1-19(17-20(10-30-2,21(17,24)25)31-18(26)28-19)13-7-11(3-5-14(13)23)8-16(29)15-6-4-12(22)9-27-15/h3-7,9,17H,8,10H2,1-2H3,(H2,26,28)/t17-,19+,20+/m0/s1. The van der Waals surface area contributed by atoms with Crippen molar-refractivity contribution in [3.63, 3.8) is 0 Å². The van der Waals surface area contributed by atoms with E-state index < -0.39 is 27.9 Å². The number of carbonyl (C=O) groups excluding carboxylic acids is 1. The van der Waals surface area contributed by atoms with Crippen LogP contribution in [0.4, 0.5) is 13.2 Å². The van der Waals surface area contributed by atoms with Gasteiger partial charge in [0, 0.05) is 25.3 Å². The second-order valence-electron chi connectivity index (χ2n) is 7.85. The molecule has 0 saturated heterocycles. The Morgan fingerprint density at radius 1 is 1.32 bits per heavy atom. The van der Waals surface area contributed by atoms with Crippen LogP contribution in [0.3, 0.4) is 0 Å². The lowest BCUT2D eigenvalue weighted by molar-refractivity contribution is 0.0636. The Bertz CT molecular complexity index is 1080. The fourth-order valence-electron chi connectivity index (χ4n) is 4.40. The number of alkyl halides is 2. The lowest BCUT2D eigenvalue weighted by Crippen LogP contribution is -2.37. The number of methoxy groups -OCH3 is 1. The fourth-order valence-corrected chi connectivity index (χ4v) is 5.98. The van der Waals surface area contributed by atoms with Crippen LogP contribution in [0.1, 0.15) is 28.5 Å². The summed E-state index contributed by atoms with van der Waals surface area (Å²) in [5, 5.41) is 0.336. The quantitative estimate of drug-likeness (QED) is 0.641. The molecule has 2 N–H and O–H groups in total. The van der Waals surface area contributed by atoms with Crippen LogP contribution in [-0.2, 0) is 16.7 Å². The molecule has 164 valence electrons. The van der Waals surface area contributed by atoms with Gasteiger partial charge in [-0.1, -0.05) is 29.4 Å². The summed E-state index contributed by atoms with van der Waals surface area (Å²) in [6.07, 6.45) is 1.27. The van der Waals surface area contributed by atoms with Crippen LogP contribution >= 0.6 is 23.4 Å². The fraction of sp³-hybridized carbons (Fsp3) is 0.381. The number of aliphatic imine (C=N–C) groups is 1. The van der Waals surface area contributed by atoms with Gasteiger partial charge in [-0.25, -0.2) is 13.2 Å². The number of pyridine rings is 1. The van der Waals surface area contributed by atoms with Crippen molar-refractivity contribution < 1.29 is 22.7 Å². The van der Waals surface area contributed by atoms with Crippen LogP contribution in [0.15, 0.2) is 41.5 Å². The van der Waals surface area contributed by atoms with E-state index >= 15 is 0 Å². The summed E-state index contributed by atoms with van der Waals surface area (Å²) < 4.78 is 48.3. The van der Waals surface area contributed by atoms with Gasteiger partial charge in [-0.05, 0) is 36.8 Å². The summed E-state index contributed by atoms with van der Waals surface area (Å²) in [5.74, 6) is -5.46. The average Bonchev–Trinajstić information content (AvgIpc) is 3.18. The molecule has 1 aliphatic heterocycles. The number of thioether (sulfide) groups is 1. The van der Waals surface area contributed by atoms with E-state index in [1.165, 1.54) is 38.4 Å². The first kappa shape index (κ1) is 22.1. The zero-order valence-electron chi connectivity index (χ0n) is 16.7. The van der Waals surface area contributed by atoms with Gasteiger partial charge in [0.05, 0.1) is 23.1 Å². The van der Waals surface area contributed by atoms with E-state index in [0.717, 1.165) is 17.8 Å². The maximum absolute atomic E-state index is 15.0. The van der Waals surface area contributed by atoms with Gasteiger partial charge in [0.2, 0.25) is 0 Å². The number of halogens is 4. The van der Waals surface area contributed by atoms with Crippen LogP contribution in [0.5, 0.6) is 0 Å². The molecule has 1 saturated carbocycles. The SMILES string of the molecule is COC[C@@]12SC(N)=N[C@](C)(c3cc(CC(=O)c4ccc(Cl)cn4)ccc3F)[C@@H]1C2(F)F. The third-order valence-electron chi connectivity index (χ3n) is 5.81. The van der Waals surface area contributed by atoms with Gasteiger partial charge in [0.25, 0.3) is 5.92 Å². The van der Waals surface area contributed by atoms with Gasteiger partial charge >= 0.3 is 0 Å². The van der Waals surface area contributed by atoms with Gasteiger partial charge in [-0.15, -0.1) is 0 Å². The molecule has 4 rings (SSSR count). The Morgan fingerprint density at radius 3 is 2.71 bits per heavy atom. The third-order valence-corrected chi connectivity index (χ3v) is 7.33. The number of carbonyl (C=O) groups is 1. The first-order chi connectivity index (χ1) is 14.5. The molecule has 31 heavy (non-hydrogen) atoms. The molecule has 1 fully saturated rings. The van der Waals surface area contributed by atoms with Crippen molar-refractivity contribution >= 4 is 34.3 Å². The molecule has 2 heterocycles. The van der Waals surface area contributed by atoms with Crippen LogP contribution in [0.2, 0.25) is 5.02 Å². The zero-order chi connectivity index (χ0) is 22.6. The molecule has 2 aliphatic rings. The van der Waals surface area contributed by atoms with Crippen molar-refractivity contribution in [2.45, 2.75) is 29.6 Å². The number of ketones is 1. The predicted molar refractivity (Wildman–Crippen MR) is 113 cm³/mol. The van der Waals surface area contributed by atoms with E-state index in [1.54, 1.807) is 6.07 Å². The highest BCUT2D eigenvalue weighted by Crippen LogP contribution is 2.74. The Labute approximate surface area is 186 Å². The molecule has 0 amide bonds. The molecule has 0 bridgehead atoms. The highest BCUT2D eigenvalue weighted by molar-refractivity contribution is 8.15. The van der Waals surface area contributed by atoms with Crippen LogP contribution in [0, 0.1) is 11.7 Å². The number of hydrogen-bond acceptors (Lipinski definition) is 6. The van der Waals surface area contributed by atoms with E-state index in [0.29, 0.717) is 10.6 Å². The number of fused-ring (bicyclic) bond motifs is 1. The number of benzene rings is 1. The maximum atomic E-state index is 15.0. The minimum absolute atomic E-state index is 0.0345. The molecule has 10 heteroatoms. The summed E-state index contributed by atoms with van der Waals surface area (Å²) >= 11 is 6.56. The number of ether oxygens (including phenoxy) is 1. The highest BCUT2D eigenvalue weighted by atomic mass is 35.5. The number of Topliss-reactive ketones (excluding diaryl/α,β-unsaturated/α-hetero) is 1. The third kappa shape index (κ3) is 3.43. The lowest BCUT2D eigenvalue weighted by Gasteiger charge is -2.32. The van der Waals surface area contributed by atoms with Gasteiger partial charge in [0.1, 0.15) is 16.3 Å². The van der Waals surface area contributed by atoms with Crippen molar-refractivity contribution in [3.05, 3.63) is 64.2 Å². The monoisotopic (exact) mass is 469 g/mol. The largest absolute Gasteiger partial charge is 0.383 e. The first-order valence-corrected chi connectivity index (χ1v) is 10.6. The number of nitrogens with two attached hydrogens (primary N) is 1. The van der Waals surface area contributed by atoms with E-state index in [2.05, 4.69) is 9.98 Å². The van der Waals surface area contributed by atoms with Gasteiger partial charge < -0.3 is 10.5 Å². The van der Waals surface area contributed by atoms with Crippen LogP contribution < -0.4 is 5.73 Å². The predicted octanol–water partition coefficient (Wildman–Crippen LogP) is 4.23. The van der Waals surface area contributed by atoms with E-state index in [4.69, 9.17) is 22.1 Å². The average molecular weight is 470 g/mol. The molecule has 0 unspecified atom stereocenters. The maximum Gasteiger partial charge on any atom is 0.272 e. The summed E-state index contributed by atoms with van der Waals surface area (Å²) in [4.78, 5) is 20.8. The van der Waals surface area contributed by atoms with Crippen molar-refractivity contribution in [2.75, 3.05) is 13.7 Å². The Kier molecular flexibility index (Phi) is 5.34. The molecule has 5 nitrogen and oxygen atoms in total. The summed E-state index contributed by atoms with van der Waals surface area (Å²) in [6.45, 7) is 1.20. The van der Waals surface area contributed by atoms with Crippen molar-refractivity contribution in [1.82, 2.24) is 4.98 Å². The molecule has 0 radical (unpaired) electrons. The van der Waals surface area contributed by atoms with Gasteiger partial charge in [-0.2, -0.15) is 0 Å². The molecule has 0 spiro atoms. The second-order valence-corrected chi connectivity index (χ2v) is 9.64. The number of rotatable bonds is 6. The smallest absolute Gasteiger partial charge is 0.272 e. The number of hydrogen-bond donors (Lipinski definition) is 1. The van der Waals surface area contributed by atoms with E-state index in [-0.39, 0.29) is 35.2 Å². The van der Waals surface area contributed by atoms with Crippen molar-refractivity contribution in [3.8, 4) is 0 Å². The minimum Gasteiger partial charge on any atom is -0.383 e. The Balaban J connectivity index is 1.70. The molecular weight excluding hydrogens is 451 g/mol. The Morgan fingerprint density at radius 2 is 2.06 bits per heavy atom. The normalized spacial score (nSPS) is 28.6. The molecule has 3 atom stereocenters. The zero-order valence-corrected chi connectivity index (χ0v) is 18.2. The molecule has 2 aromatic rings. The summed E-state index contributed by atoms with van der Waals surface area (Å²) in [6, 6.07) is 7.03. The first-order valence-electron chi connectivity index (χ1n) is 9.40. The number of amidine groups is 1. The topological polar surface area (TPSA) is 77.6 Å². The molecule has 1 aromatic heterocycles. The summed E-state index contributed by atoms with van der Waals surface area (Å²) in [7, 11) is 1.33.